The van der Waals surface area contributed by atoms with Gasteiger partial charge in [0.15, 0.2) is 0 Å². The molecule has 0 heterocycles. The lowest BCUT2D eigenvalue weighted by Gasteiger charge is -2.26. The molecule has 0 aliphatic heterocycles. The zero-order valence-electron chi connectivity index (χ0n) is 9.77. The molecule has 0 spiro atoms. The molecule has 1 unspecified atom stereocenters. The molecule has 5 heteroatoms. The van der Waals surface area contributed by atoms with Gasteiger partial charge in [-0.1, -0.05) is 13.8 Å². The van der Waals surface area contributed by atoms with E-state index in [2.05, 4.69) is 13.8 Å². The number of carboxylic acid groups (broad SMARTS) is 2. The molecule has 0 amide bonds. The van der Waals surface area contributed by atoms with Crippen LogP contribution in [0.25, 0.3) is 0 Å². The molecule has 1 fully saturated rings. The van der Waals surface area contributed by atoms with Crippen LogP contribution in [-0.4, -0.2) is 46.2 Å². The SMILES string of the molecule is CC1(C)CCC(N(CC(=O)O)CC(=O)O)C1. The Kier molecular flexibility index (Phi) is 3.91. The van der Waals surface area contributed by atoms with Crippen LogP contribution in [0.1, 0.15) is 33.1 Å². The van der Waals surface area contributed by atoms with Crippen molar-refractivity contribution < 1.29 is 19.8 Å². The van der Waals surface area contributed by atoms with Gasteiger partial charge in [-0.25, -0.2) is 0 Å². The van der Waals surface area contributed by atoms with Gasteiger partial charge in [-0.15, -0.1) is 0 Å². The van der Waals surface area contributed by atoms with Crippen LogP contribution in [0.15, 0.2) is 0 Å². The summed E-state index contributed by atoms with van der Waals surface area (Å²) in [6.45, 7) is 3.89. The average Bonchev–Trinajstić information content (AvgIpc) is 2.43. The van der Waals surface area contributed by atoms with Crippen LogP contribution in [0.4, 0.5) is 0 Å². The van der Waals surface area contributed by atoms with Gasteiger partial charge in [0.2, 0.25) is 0 Å². The highest BCUT2D eigenvalue weighted by atomic mass is 16.4. The molecule has 0 radical (unpaired) electrons. The van der Waals surface area contributed by atoms with E-state index in [1.54, 1.807) is 4.90 Å². The van der Waals surface area contributed by atoms with Gasteiger partial charge in [0.05, 0.1) is 13.1 Å². The summed E-state index contributed by atoms with van der Waals surface area (Å²) in [6.07, 6.45) is 2.77. The number of carboxylic acids is 2. The molecule has 0 aromatic carbocycles. The van der Waals surface area contributed by atoms with Crippen molar-refractivity contribution in [3.05, 3.63) is 0 Å². The van der Waals surface area contributed by atoms with Gasteiger partial charge in [0, 0.05) is 6.04 Å². The Hall–Kier alpha value is -1.10. The van der Waals surface area contributed by atoms with Crippen molar-refractivity contribution in [3.63, 3.8) is 0 Å². The molecule has 0 aromatic heterocycles. The Morgan fingerprint density at radius 3 is 2.06 bits per heavy atom. The molecule has 1 saturated carbocycles. The van der Waals surface area contributed by atoms with Gasteiger partial charge in [-0.3, -0.25) is 14.5 Å². The minimum atomic E-state index is -0.967. The fourth-order valence-electron chi connectivity index (χ4n) is 2.37. The molecule has 2 N–H and O–H groups in total. The largest absolute Gasteiger partial charge is 0.480 e. The fourth-order valence-corrected chi connectivity index (χ4v) is 2.37. The monoisotopic (exact) mass is 229 g/mol. The number of nitrogens with zero attached hydrogens (tertiary/aromatic N) is 1. The maximum Gasteiger partial charge on any atom is 0.317 e. The molecule has 0 saturated heterocycles. The maximum absolute atomic E-state index is 10.7. The molecule has 5 nitrogen and oxygen atoms in total. The zero-order chi connectivity index (χ0) is 12.3. The minimum Gasteiger partial charge on any atom is -0.480 e. The molecule has 1 aliphatic carbocycles. The fraction of sp³-hybridized carbons (Fsp3) is 0.818. The van der Waals surface area contributed by atoms with Crippen LogP contribution in [0.5, 0.6) is 0 Å². The normalized spacial score (nSPS) is 23.6. The molecular weight excluding hydrogens is 210 g/mol. The molecular formula is C11H19NO4. The second-order valence-electron chi connectivity index (χ2n) is 5.25. The first-order valence-electron chi connectivity index (χ1n) is 5.48. The lowest BCUT2D eigenvalue weighted by molar-refractivity contribution is -0.142. The van der Waals surface area contributed by atoms with Gasteiger partial charge < -0.3 is 10.2 Å². The summed E-state index contributed by atoms with van der Waals surface area (Å²) >= 11 is 0. The highest BCUT2D eigenvalue weighted by Crippen LogP contribution is 2.39. The van der Waals surface area contributed by atoms with Gasteiger partial charge in [0.1, 0.15) is 0 Å². The lowest BCUT2D eigenvalue weighted by Crippen LogP contribution is -2.41. The van der Waals surface area contributed by atoms with Crippen molar-refractivity contribution in [2.45, 2.75) is 39.2 Å². The molecule has 0 bridgehead atoms. The van der Waals surface area contributed by atoms with E-state index in [1.165, 1.54) is 0 Å². The highest BCUT2D eigenvalue weighted by molar-refractivity contribution is 5.72. The maximum atomic E-state index is 10.7. The van der Waals surface area contributed by atoms with Crippen LogP contribution in [0.3, 0.4) is 0 Å². The standard InChI is InChI=1S/C11H19NO4/c1-11(2)4-3-8(5-11)12(6-9(13)14)7-10(15)16/h8H,3-7H2,1-2H3,(H,13,14)(H,15,16). The van der Waals surface area contributed by atoms with Crippen molar-refractivity contribution >= 4 is 11.9 Å². The number of hydrogen-bond acceptors (Lipinski definition) is 3. The van der Waals surface area contributed by atoms with Crippen molar-refractivity contribution in [1.29, 1.82) is 0 Å². The van der Waals surface area contributed by atoms with Crippen molar-refractivity contribution in [1.82, 2.24) is 4.90 Å². The van der Waals surface area contributed by atoms with Crippen LogP contribution in [0.2, 0.25) is 0 Å². The summed E-state index contributed by atoms with van der Waals surface area (Å²) in [4.78, 5) is 22.9. The summed E-state index contributed by atoms with van der Waals surface area (Å²) in [6, 6.07) is 0.0854. The van der Waals surface area contributed by atoms with E-state index in [-0.39, 0.29) is 24.5 Å². The quantitative estimate of drug-likeness (QED) is 0.736. The van der Waals surface area contributed by atoms with Gasteiger partial charge in [0.25, 0.3) is 0 Å². The van der Waals surface area contributed by atoms with Gasteiger partial charge in [-0.05, 0) is 24.7 Å². The van der Waals surface area contributed by atoms with Gasteiger partial charge in [-0.2, -0.15) is 0 Å². The van der Waals surface area contributed by atoms with Gasteiger partial charge >= 0.3 is 11.9 Å². The van der Waals surface area contributed by atoms with E-state index in [4.69, 9.17) is 10.2 Å². The predicted octanol–water partition coefficient (Wildman–Crippen LogP) is 1.04. The van der Waals surface area contributed by atoms with Crippen LogP contribution in [-0.2, 0) is 9.59 Å². The predicted molar refractivity (Wildman–Crippen MR) is 58.3 cm³/mol. The average molecular weight is 229 g/mol. The lowest BCUT2D eigenvalue weighted by atomic mass is 9.91. The Morgan fingerprint density at radius 2 is 1.75 bits per heavy atom. The zero-order valence-corrected chi connectivity index (χ0v) is 9.77. The van der Waals surface area contributed by atoms with E-state index in [1.807, 2.05) is 0 Å². The van der Waals surface area contributed by atoms with Crippen molar-refractivity contribution in [3.8, 4) is 0 Å². The van der Waals surface area contributed by atoms with Crippen molar-refractivity contribution in [2.75, 3.05) is 13.1 Å². The number of hydrogen-bond donors (Lipinski definition) is 2. The molecule has 92 valence electrons. The van der Waals surface area contributed by atoms with Crippen LogP contribution >= 0.6 is 0 Å². The minimum absolute atomic E-state index is 0.0854. The Bertz CT molecular complexity index is 272. The molecule has 1 aliphatic rings. The first-order chi connectivity index (χ1) is 7.30. The third-order valence-electron chi connectivity index (χ3n) is 3.14. The van der Waals surface area contributed by atoms with E-state index >= 15 is 0 Å². The smallest absolute Gasteiger partial charge is 0.317 e. The first-order valence-corrected chi connectivity index (χ1v) is 5.48. The van der Waals surface area contributed by atoms with E-state index in [0.29, 0.717) is 0 Å². The van der Waals surface area contributed by atoms with E-state index < -0.39 is 11.9 Å². The topological polar surface area (TPSA) is 77.8 Å². The highest BCUT2D eigenvalue weighted by Gasteiger charge is 2.35. The Morgan fingerprint density at radius 1 is 1.25 bits per heavy atom. The molecule has 16 heavy (non-hydrogen) atoms. The number of aliphatic carboxylic acids is 2. The summed E-state index contributed by atoms with van der Waals surface area (Å²) in [5.41, 5.74) is 0.194. The van der Waals surface area contributed by atoms with E-state index in [0.717, 1.165) is 19.3 Å². The second-order valence-corrected chi connectivity index (χ2v) is 5.25. The summed E-state index contributed by atoms with van der Waals surface area (Å²) in [7, 11) is 0. The molecule has 1 rings (SSSR count). The molecule has 0 aromatic rings. The first kappa shape index (κ1) is 13.0. The Balaban J connectivity index is 2.62. The third-order valence-corrected chi connectivity index (χ3v) is 3.14. The molecule has 1 atom stereocenters. The number of rotatable bonds is 5. The summed E-state index contributed by atoms with van der Waals surface area (Å²) < 4.78 is 0. The summed E-state index contributed by atoms with van der Waals surface area (Å²) in [5.74, 6) is -1.93. The van der Waals surface area contributed by atoms with Crippen LogP contribution in [0, 0.1) is 5.41 Å². The number of carbonyl (C=O) groups is 2. The van der Waals surface area contributed by atoms with Crippen molar-refractivity contribution in [2.24, 2.45) is 5.41 Å². The van der Waals surface area contributed by atoms with Crippen LogP contribution < -0.4 is 0 Å². The Labute approximate surface area is 95.1 Å². The van der Waals surface area contributed by atoms with E-state index in [9.17, 15) is 9.59 Å². The second kappa shape index (κ2) is 4.82. The summed E-state index contributed by atoms with van der Waals surface area (Å²) in [5, 5.41) is 17.5. The third kappa shape index (κ3) is 3.81.